The highest BCUT2D eigenvalue weighted by Gasteiger charge is 2.19. The summed E-state index contributed by atoms with van der Waals surface area (Å²) in [7, 11) is 0. The molecule has 1 atom stereocenters. The molecule has 0 spiro atoms. The molecule has 4 heteroatoms. The van der Waals surface area contributed by atoms with Gasteiger partial charge >= 0.3 is 0 Å². The second-order valence-corrected chi connectivity index (χ2v) is 4.39. The third-order valence-corrected chi connectivity index (χ3v) is 2.93. The molecule has 0 fully saturated rings. The number of carbonyl (C=O) groups excluding carboxylic acids is 1. The topological polar surface area (TPSA) is 59.2 Å². The Bertz CT molecular complexity index is 486. The minimum Gasteiger partial charge on any atom is -0.369 e. The quantitative estimate of drug-likeness (QED) is 0.699. The van der Waals surface area contributed by atoms with Crippen LogP contribution in [0, 0.1) is 0 Å². The van der Waals surface area contributed by atoms with Crippen LogP contribution >= 0.6 is 0 Å². The molecule has 1 amide bonds. The van der Waals surface area contributed by atoms with Crippen LogP contribution in [0.4, 0.5) is 0 Å². The minimum absolute atomic E-state index is 0.0611. The van der Waals surface area contributed by atoms with Crippen LogP contribution < -0.4 is 5.73 Å². The van der Waals surface area contributed by atoms with E-state index in [0.717, 1.165) is 5.56 Å². The monoisotopic (exact) mass is 271 g/mol. The van der Waals surface area contributed by atoms with Crippen LogP contribution in [0.1, 0.15) is 17.3 Å². The van der Waals surface area contributed by atoms with Gasteiger partial charge in [0, 0.05) is 19.3 Å². The van der Waals surface area contributed by atoms with Gasteiger partial charge in [0.1, 0.15) is 0 Å². The first-order chi connectivity index (χ1) is 9.63. The first kappa shape index (κ1) is 15.9. The van der Waals surface area contributed by atoms with Gasteiger partial charge in [0.15, 0.2) is 0 Å². The van der Waals surface area contributed by atoms with Crippen molar-refractivity contribution in [3.05, 3.63) is 67.6 Å². The van der Waals surface area contributed by atoms with Crippen LogP contribution in [0.5, 0.6) is 0 Å². The van der Waals surface area contributed by atoms with E-state index in [4.69, 9.17) is 5.73 Å². The number of carbonyl (C=O) groups is 1. The van der Waals surface area contributed by atoms with Crippen molar-refractivity contribution in [2.45, 2.75) is 12.5 Å². The van der Waals surface area contributed by atoms with Crippen molar-refractivity contribution < 1.29 is 4.79 Å². The summed E-state index contributed by atoms with van der Waals surface area (Å²) in [5.41, 5.74) is 6.90. The summed E-state index contributed by atoms with van der Waals surface area (Å²) in [5.74, 6) is -0.397. The first-order valence-corrected chi connectivity index (χ1v) is 6.44. The standard InChI is InChI=1S/C16H21N3O/c1-4-10-19(11-5-2)15(6-3)13-8-7-9-18-14(13)12-16(17)20/h4-9,15H,1-3,10-12H2,(H2,17,20). The minimum atomic E-state index is -0.397. The summed E-state index contributed by atoms with van der Waals surface area (Å²) in [6.45, 7) is 12.8. The van der Waals surface area contributed by atoms with Crippen molar-refractivity contribution in [2.75, 3.05) is 13.1 Å². The Morgan fingerprint density at radius 1 is 1.35 bits per heavy atom. The molecule has 0 bridgehead atoms. The maximum Gasteiger partial charge on any atom is 0.223 e. The molecule has 0 aromatic carbocycles. The van der Waals surface area contributed by atoms with E-state index in [9.17, 15) is 4.79 Å². The van der Waals surface area contributed by atoms with Gasteiger partial charge in [0.2, 0.25) is 5.91 Å². The number of aromatic nitrogens is 1. The summed E-state index contributed by atoms with van der Waals surface area (Å²) in [5, 5.41) is 0. The molecule has 20 heavy (non-hydrogen) atoms. The molecule has 1 aromatic rings. The SMILES string of the molecule is C=CCN(CC=C)C(C=C)c1cccnc1CC(N)=O. The fourth-order valence-electron chi connectivity index (χ4n) is 2.14. The number of hydrogen-bond acceptors (Lipinski definition) is 3. The summed E-state index contributed by atoms with van der Waals surface area (Å²) in [6, 6.07) is 3.72. The van der Waals surface area contributed by atoms with Crippen LogP contribution in [0.15, 0.2) is 56.3 Å². The summed E-state index contributed by atoms with van der Waals surface area (Å²) in [6.07, 6.45) is 7.26. The van der Waals surface area contributed by atoms with Crippen molar-refractivity contribution in [1.82, 2.24) is 9.88 Å². The van der Waals surface area contributed by atoms with E-state index in [1.807, 2.05) is 30.4 Å². The second-order valence-electron chi connectivity index (χ2n) is 4.39. The van der Waals surface area contributed by atoms with Crippen LogP contribution in [0.3, 0.4) is 0 Å². The molecule has 1 unspecified atom stereocenters. The number of pyridine rings is 1. The maximum atomic E-state index is 11.2. The Morgan fingerprint density at radius 2 is 2.00 bits per heavy atom. The van der Waals surface area contributed by atoms with E-state index in [1.54, 1.807) is 6.20 Å². The molecule has 106 valence electrons. The van der Waals surface area contributed by atoms with E-state index >= 15 is 0 Å². The Balaban J connectivity index is 3.15. The fraction of sp³-hybridized carbons (Fsp3) is 0.250. The number of hydrogen-bond donors (Lipinski definition) is 1. The molecular weight excluding hydrogens is 250 g/mol. The molecular formula is C16H21N3O. The maximum absolute atomic E-state index is 11.2. The second kappa shape index (κ2) is 8.07. The zero-order chi connectivity index (χ0) is 15.0. The van der Waals surface area contributed by atoms with Crippen molar-refractivity contribution in [2.24, 2.45) is 5.73 Å². The highest BCUT2D eigenvalue weighted by molar-refractivity contribution is 5.76. The van der Waals surface area contributed by atoms with E-state index in [-0.39, 0.29) is 12.5 Å². The molecule has 0 aliphatic carbocycles. The number of nitrogens with zero attached hydrogens (tertiary/aromatic N) is 2. The van der Waals surface area contributed by atoms with Gasteiger partial charge in [-0.25, -0.2) is 0 Å². The van der Waals surface area contributed by atoms with E-state index in [0.29, 0.717) is 18.8 Å². The Labute approximate surface area is 120 Å². The highest BCUT2D eigenvalue weighted by atomic mass is 16.1. The fourth-order valence-corrected chi connectivity index (χ4v) is 2.14. The van der Waals surface area contributed by atoms with E-state index in [2.05, 4.69) is 29.6 Å². The van der Waals surface area contributed by atoms with Crippen molar-refractivity contribution in [3.8, 4) is 0 Å². The van der Waals surface area contributed by atoms with Gasteiger partial charge in [-0.1, -0.05) is 24.3 Å². The van der Waals surface area contributed by atoms with Gasteiger partial charge in [-0.15, -0.1) is 19.7 Å². The average Bonchev–Trinajstić information content (AvgIpc) is 2.41. The van der Waals surface area contributed by atoms with Gasteiger partial charge in [-0.05, 0) is 11.6 Å². The van der Waals surface area contributed by atoms with E-state index < -0.39 is 5.91 Å². The summed E-state index contributed by atoms with van der Waals surface area (Å²) >= 11 is 0. The summed E-state index contributed by atoms with van der Waals surface area (Å²) in [4.78, 5) is 17.6. The predicted molar refractivity (Wildman–Crippen MR) is 82.0 cm³/mol. The van der Waals surface area contributed by atoms with Crippen LogP contribution in [-0.2, 0) is 11.2 Å². The van der Waals surface area contributed by atoms with Gasteiger partial charge in [-0.3, -0.25) is 14.7 Å². The normalized spacial score (nSPS) is 11.8. The molecule has 1 heterocycles. The third kappa shape index (κ3) is 4.17. The molecule has 1 rings (SSSR count). The van der Waals surface area contributed by atoms with Crippen LogP contribution in [-0.4, -0.2) is 28.9 Å². The van der Waals surface area contributed by atoms with Gasteiger partial charge in [0.05, 0.1) is 18.2 Å². The van der Waals surface area contributed by atoms with Crippen molar-refractivity contribution >= 4 is 5.91 Å². The van der Waals surface area contributed by atoms with Gasteiger partial charge < -0.3 is 5.73 Å². The Hall–Kier alpha value is -2.20. The molecule has 0 aliphatic rings. The summed E-state index contributed by atoms with van der Waals surface area (Å²) < 4.78 is 0. The largest absolute Gasteiger partial charge is 0.369 e. The lowest BCUT2D eigenvalue weighted by atomic mass is 10.0. The molecule has 2 N–H and O–H groups in total. The van der Waals surface area contributed by atoms with Crippen LogP contribution in [0.25, 0.3) is 0 Å². The number of primary amides is 1. The average molecular weight is 271 g/mol. The smallest absolute Gasteiger partial charge is 0.223 e. The van der Waals surface area contributed by atoms with Gasteiger partial charge in [-0.2, -0.15) is 0 Å². The van der Waals surface area contributed by atoms with Crippen molar-refractivity contribution in [3.63, 3.8) is 0 Å². The molecule has 0 saturated carbocycles. The lowest BCUT2D eigenvalue weighted by Gasteiger charge is -2.28. The lowest BCUT2D eigenvalue weighted by Crippen LogP contribution is -2.29. The van der Waals surface area contributed by atoms with Crippen molar-refractivity contribution in [1.29, 1.82) is 0 Å². The van der Waals surface area contributed by atoms with E-state index in [1.165, 1.54) is 0 Å². The van der Waals surface area contributed by atoms with Gasteiger partial charge in [0.25, 0.3) is 0 Å². The first-order valence-electron chi connectivity index (χ1n) is 6.44. The Morgan fingerprint density at radius 3 is 2.50 bits per heavy atom. The molecule has 0 aliphatic heterocycles. The third-order valence-electron chi connectivity index (χ3n) is 2.93. The zero-order valence-corrected chi connectivity index (χ0v) is 11.7. The Kier molecular flexibility index (Phi) is 6.40. The molecule has 4 nitrogen and oxygen atoms in total. The molecule has 0 radical (unpaired) electrons. The molecule has 0 saturated heterocycles. The predicted octanol–water partition coefficient (Wildman–Crippen LogP) is 2.01. The number of rotatable bonds is 9. The zero-order valence-electron chi connectivity index (χ0n) is 11.7. The molecule has 1 aromatic heterocycles. The number of nitrogens with two attached hydrogens (primary N) is 1. The lowest BCUT2D eigenvalue weighted by molar-refractivity contribution is -0.117. The highest BCUT2D eigenvalue weighted by Crippen LogP contribution is 2.24. The van der Waals surface area contributed by atoms with Crippen LogP contribution in [0.2, 0.25) is 0 Å². The number of amides is 1.